The first-order valence-corrected chi connectivity index (χ1v) is 8.21. The molecule has 0 bridgehead atoms. The van der Waals surface area contributed by atoms with Crippen LogP contribution >= 0.6 is 22.7 Å². The molecule has 4 rings (SSSR count). The van der Waals surface area contributed by atoms with Crippen LogP contribution in [0.1, 0.15) is 9.75 Å². The zero-order chi connectivity index (χ0) is 14.7. The van der Waals surface area contributed by atoms with Crippen LogP contribution in [-0.4, -0.2) is 9.97 Å². The van der Waals surface area contributed by atoms with Gasteiger partial charge in [0.1, 0.15) is 5.82 Å². The summed E-state index contributed by atoms with van der Waals surface area (Å²) in [7, 11) is 0. The van der Waals surface area contributed by atoms with E-state index < -0.39 is 0 Å². The Morgan fingerprint density at radius 2 is 1.90 bits per heavy atom. The molecule has 104 valence electrons. The quantitative estimate of drug-likeness (QED) is 0.510. The van der Waals surface area contributed by atoms with Crippen molar-refractivity contribution in [2.45, 2.75) is 13.8 Å². The Labute approximate surface area is 132 Å². The van der Waals surface area contributed by atoms with E-state index in [1.54, 1.807) is 22.7 Å². The Balaban J connectivity index is 0.000000186. The third kappa shape index (κ3) is 3.40. The van der Waals surface area contributed by atoms with E-state index in [0.29, 0.717) is 0 Å². The molecular weight excluding hydrogens is 296 g/mol. The van der Waals surface area contributed by atoms with Crippen molar-refractivity contribution in [1.82, 2.24) is 9.97 Å². The van der Waals surface area contributed by atoms with Gasteiger partial charge in [-0.15, -0.1) is 22.7 Å². The van der Waals surface area contributed by atoms with Gasteiger partial charge in [0.2, 0.25) is 0 Å². The predicted octanol–water partition coefficient (Wildman–Crippen LogP) is 5.26. The number of imidazole rings is 1. The number of fused-ring (bicyclic) bond motifs is 1. The van der Waals surface area contributed by atoms with E-state index in [0.717, 1.165) is 22.4 Å². The average Bonchev–Trinajstić information content (AvgIpc) is 3.19. The van der Waals surface area contributed by atoms with Crippen LogP contribution in [-0.2, 0) is 0 Å². The maximum atomic E-state index is 4.52. The summed E-state index contributed by atoms with van der Waals surface area (Å²) < 4.78 is 0. The monoisotopic (exact) mass is 310 g/mol. The Morgan fingerprint density at radius 1 is 1.05 bits per heavy atom. The predicted molar refractivity (Wildman–Crippen MR) is 90.9 cm³/mol. The van der Waals surface area contributed by atoms with E-state index in [1.807, 2.05) is 36.4 Å². The van der Waals surface area contributed by atoms with Crippen LogP contribution < -0.4 is 0 Å². The molecule has 3 aromatic heterocycles. The summed E-state index contributed by atoms with van der Waals surface area (Å²) >= 11 is 3.28. The summed E-state index contributed by atoms with van der Waals surface area (Å²) in [6, 6.07) is 14.1. The number of benzene rings is 1. The molecule has 0 fully saturated rings. The van der Waals surface area contributed by atoms with Crippen LogP contribution in [0.5, 0.6) is 0 Å². The molecule has 21 heavy (non-hydrogen) atoms. The number of rotatable bonds is 1. The Hall–Kier alpha value is -1.91. The van der Waals surface area contributed by atoms with Gasteiger partial charge in [-0.2, -0.15) is 0 Å². The van der Waals surface area contributed by atoms with Crippen LogP contribution in [0, 0.1) is 24.6 Å². The summed E-state index contributed by atoms with van der Waals surface area (Å²) in [5.74, 6) is 0.903. The second kappa shape index (κ2) is 6.24. The van der Waals surface area contributed by atoms with Crippen LogP contribution in [0.25, 0.3) is 22.4 Å². The highest BCUT2D eigenvalue weighted by Gasteiger charge is 2.05. The van der Waals surface area contributed by atoms with Crippen molar-refractivity contribution < 1.29 is 0 Å². The normalized spacial score (nSPS) is 10.4. The number of aryl methyl sites for hydroxylation is 2. The van der Waals surface area contributed by atoms with Gasteiger partial charge in [-0.1, -0.05) is 12.1 Å². The largest absolute Gasteiger partial charge is 0.338 e. The molecule has 0 spiro atoms. The minimum absolute atomic E-state index is 0.903. The summed E-state index contributed by atoms with van der Waals surface area (Å²) in [6.45, 7) is 4.15. The summed E-state index contributed by atoms with van der Waals surface area (Å²) in [4.78, 5) is 10.4. The molecule has 1 aromatic carbocycles. The highest BCUT2D eigenvalue weighted by molar-refractivity contribution is 7.09. The van der Waals surface area contributed by atoms with Crippen molar-refractivity contribution in [3.05, 3.63) is 63.0 Å². The van der Waals surface area contributed by atoms with Gasteiger partial charge in [0.05, 0.1) is 16.4 Å². The average molecular weight is 310 g/mol. The number of hydrogen-bond acceptors (Lipinski definition) is 3. The van der Waals surface area contributed by atoms with Crippen molar-refractivity contribution in [3.8, 4) is 11.4 Å². The molecule has 0 aliphatic carbocycles. The number of thiophene rings is 2. The molecule has 3 heterocycles. The number of para-hydroxylation sites is 2. The SMILES string of the molecule is Cc1cc(-c2nc3ccccc3[nH]2)[c]s1.Cc1cc[c]s1. The number of aromatic amines is 1. The molecule has 0 unspecified atom stereocenters. The fourth-order valence-corrected chi connectivity index (χ4v) is 2.97. The molecule has 0 saturated carbocycles. The van der Waals surface area contributed by atoms with Gasteiger partial charge in [0, 0.05) is 20.7 Å². The number of hydrogen-bond donors (Lipinski definition) is 1. The number of H-pyrrole nitrogens is 1. The van der Waals surface area contributed by atoms with E-state index in [4.69, 9.17) is 0 Å². The smallest absolute Gasteiger partial charge is 0.140 e. The van der Waals surface area contributed by atoms with Crippen LogP contribution in [0.4, 0.5) is 0 Å². The molecule has 1 N–H and O–H groups in total. The maximum Gasteiger partial charge on any atom is 0.140 e. The van der Waals surface area contributed by atoms with Gasteiger partial charge in [-0.3, -0.25) is 0 Å². The summed E-state index contributed by atoms with van der Waals surface area (Å²) in [6.07, 6.45) is 0. The van der Waals surface area contributed by atoms with Crippen LogP contribution in [0.2, 0.25) is 0 Å². The van der Waals surface area contributed by atoms with E-state index in [9.17, 15) is 0 Å². The maximum absolute atomic E-state index is 4.52. The van der Waals surface area contributed by atoms with Crippen molar-refractivity contribution in [1.29, 1.82) is 0 Å². The first-order chi connectivity index (χ1) is 10.2. The minimum Gasteiger partial charge on any atom is -0.338 e. The molecule has 4 aromatic rings. The van der Waals surface area contributed by atoms with Crippen molar-refractivity contribution >= 4 is 33.7 Å². The zero-order valence-corrected chi connectivity index (χ0v) is 13.4. The second-order valence-electron chi connectivity index (χ2n) is 4.64. The lowest BCUT2D eigenvalue weighted by molar-refractivity contribution is 1.34. The van der Waals surface area contributed by atoms with Crippen molar-refractivity contribution in [2.24, 2.45) is 0 Å². The highest BCUT2D eigenvalue weighted by Crippen LogP contribution is 2.24. The third-order valence-electron chi connectivity index (χ3n) is 2.92. The van der Waals surface area contributed by atoms with E-state index in [-0.39, 0.29) is 0 Å². The van der Waals surface area contributed by atoms with E-state index in [2.05, 4.69) is 40.6 Å². The van der Waals surface area contributed by atoms with Crippen molar-refractivity contribution in [2.75, 3.05) is 0 Å². The topological polar surface area (TPSA) is 28.7 Å². The first-order valence-electron chi connectivity index (χ1n) is 6.58. The lowest BCUT2D eigenvalue weighted by atomic mass is 10.3. The molecule has 2 radical (unpaired) electrons. The fourth-order valence-electron chi connectivity index (χ4n) is 1.91. The van der Waals surface area contributed by atoms with E-state index in [1.165, 1.54) is 9.75 Å². The van der Waals surface area contributed by atoms with E-state index >= 15 is 0 Å². The third-order valence-corrected chi connectivity index (χ3v) is 4.39. The number of aromatic nitrogens is 2. The van der Waals surface area contributed by atoms with Crippen molar-refractivity contribution in [3.63, 3.8) is 0 Å². The first kappa shape index (κ1) is 14.0. The van der Waals surface area contributed by atoms with Gasteiger partial charge in [-0.25, -0.2) is 4.98 Å². The van der Waals surface area contributed by atoms with Gasteiger partial charge in [-0.05, 0) is 44.2 Å². The molecular formula is C17H14N2S2. The minimum atomic E-state index is 0.903. The molecule has 4 heteroatoms. The molecule has 0 saturated heterocycles. The zero-order valence-electron chi connectivity index (χ0n) is 11.8. The number of nitrogens with zero attached hydrogens (tertiary/aromatic N) is 1. The second-order valence-corrected chi connectivity index (χ2v) is 6.78. The Kier molecular flexibility index (Phi) is 4.18. The lowest BCUT2D eigenvalue weighted by Crippen LogP contribution is -1.74. The van der Waals surface area contributed by atoms with Gasteiger partial charge >= 0.3 is 0 Å². The highest BCUT2D eigenvalue weighted by atomic mass is 32.1. The molecule has 0 aliphatic heterocycles. The Morgan fingerprint density at radius 3 is 2.48 bits per heavy atom. The van der Waals surface area contributed by atoms with Gasteiger partial charge < -0.3 is 4.98 Å². The van der Waals surface area contributed by atoms with Gasteiger partial charge in [0.15, 0.2) is 0 Å². The standard InChI is InChI=1S/C12H9N2S.C5H5S/c1-8-6-9(7-15-8)12-13-10-4-2-3-5-11(10)14-12;1-5-3-2-4-6-5/h2-6H,1H3,(H,13,14);2-3H,1H3. The molecule has 2 nitrogen and oxygen atoms in total. The number of nitrogens with one attached hydrogen (secondary N) is 1. The summed E-state index contributed by atoms with van der Waals surface area (Å²) in [5, 5.41) is 6.20. The molecule has 0 amide bonds. The molecule has 0 atom stereocenters. The Bertz CT molecular complexity index is 792. The van der Waals surface area contributed by atoms with Gasteiger partial charge in [0.25, 0.3) is 0 Å². The summed E-state index contributed by atoms with van der Waals surface area (Å²) in [5.41, 5.74) is 3.13. The molecule has 0 aliphatic rings. The van der Waals surface area contributed by atoms with Crippen LogP contribution in [0.15, 0.2) is 42.5 Å². The fraction of sp³-hybridized carbons (Fsp3) is 0.118. The van der Waals surface area contributed by atoms with Crippen LogP contribution in [0.3, 0.4) is 0 Å². The lowest BCUT2D eigenvalue weighted by Gasteiger charge is -1.86.